The standard InChI is InChI=1S/C18H15N3O4S/c1-24-15-9-11(2-5-14(15)25-17(23)12-3-4-12)8-13(10-19)16(22)21-18-20-6-7-26-18/h2,5-9,12H,3-4H2,1H3,(H,20,21,22)/b13-8+. The lowest BCUT2D eigenvalue weighted by atomic mass is 10.1. The number of ether oxygens (including phenoxy) is 2. The molecule has 7 nitrogen and oxygen atoms in total. The molecule has 1 aromatic carbocycles. The number of nitriles is 1. The molecule has 1 amide bonds. The smallest absolute Gasteiger partial charge is 0.314 e. The van der Waals surface area contributed by atoms with E-state index in [-0.39, 0.29) is 17.5 Å². The van der Waals surface area contributed by atoms with E-state index in [0.29, 0.717) is 22.2 Å². The molecule has 1 N–H and O–H groups in total. The van der Waals surface area contributed by atoms with Gasteiger partial charge in [0.1, 0.15) is 11.6 Å². The first kappa shape index (κ1) is 17.6. The number of nitrogens with one attached hydrogen (secondary N) is 1. The Hall–Kier alpha value is -3.18. The fraction of sp³-hybridized carbons (Fsp3) is 0.222. The molecule has 0 unspecified atom stereocenters. The number of carbonyl (C=O) groups is 2. The molecule has 0 atom stereocenters. The fourth-order valence-corrected chi connectivity index (χ4v) is 2.66. The third-order valence-corrected chi connectivity index (χ3v) is 4.33. The van der Waals surface area contributed by atoms with Crippen LogP contribution >= 0.6 is 11.3 Å². The van der Waals surface area contributed by atoms with Crippen LogP contribution in [0.2, 0.25) is 0 Å². The average molecular weight is 369 g/mol. The molecule has 1 aliphatic carbocycles. The summed E-state index contributed by atoms with van der Waals surface area (Å²) in [5.41, 5.74) is 0.490. The molecule has 1 aliphatic rings. The van der Waals surface area contributed by atoms with E-state index in [1.807, 2.05) is 6.07 Å². The van der Waals surface area contributed by atoms with Crippen molar-refractivity contribution in [2.24, 2.45) is 5.92 Å². The quantitative estimate of drug-likeness (QED) is 0.363. The number of nitrogens with zero attached hydrogens (tertiary/aromatic N) is 2. The van der Waals surface area contributed by atoms with Crippen LogP contribution in [0.3, 0.4) is 0 Å². The second kappa shape index (κ2) is 7.80. The predicted octanol–water partition coefficient (Wildman–Crippen LogP) is 3.01. The van der Waals surface area contributed by atoms with Gasteiger partial charge in [-0.25, -0.2) is 4.98 Å². The Bertz CT molecular complexity index is 896. The minimum absolute atomic E-state index is 0.0287. The number of carbonyl (C=O) groups excluding carboxylic acids is 2. The van der Waals surface area contributed by atoms with E-state index in [2.05, 4.69) is 10.3 Å². The zero-order valence-corrected chi connectivity index (χ0v) is 14.7. The largest absolute Gasteiger partial charge is 0.493 e. The lowest BCUT2D eigenvalue weighted by molar-refractivity contribution is -0.135. The highest BCUT2D eigenvalue weighted by molar-refractivity contribution is 7.13. The van der Waals surface area contributed by atoms with Crippen molar-refractivity contribution in [3.63, 3.8) is 0 Å². The van der Waals surface area contributed by atoms with Crippen LogP contribution in [0.25, 0.3) is 6.08 Å². The number of esters is 1. The molecule has 26 heavy (non-hydrogen) atoms. The summed E-state index contributed by atoms with van der Waals surface area (Å²) in [6, 6.07) is 6.70. The summed E-state index contributed by atoms with van der Waals surface area (Å²) in [7, 11) is 1.46. The third-order valence-electron chi connectivity index (χ3n) is 3.64. The third kappa shape index (κ3) is 4.26. The summed E-state index contributed by atoms with van der Waals surface area (Å²) < 4.78 is 10.6. The van der Waals surface area contributed by atoms with Gasteiger partial charge >= 0.3 is 5.97 Å². The van der Waals surface area contributed by atoms with Gasteiger partial charge in [-0.15, -0.1) is 11.3 Å². The molecule has 0 spiro atoms. The SMILES string of the molecule is COc1cc(/C=C(\C#N)C(=O)Nc2nccs2)ccc1OC(=O)C1CC1. The van der Waals surface area contributed by atoms with Crippen molar-refractivity contribution in [1.29, 1.82) is 5.26 Å². The highest BCUT2D eigenvalue weighted by atomic mass is 32.1. The minimum atomic E-state index is -0.550. The Kier molecular flexibility index (Phi) is 5.29. The maximum atomic E-state index is 12.2. The number of aromatic nitrogens is 1. The summed E-state index contributed by atoms with van der Waals surface area (Å²) in [5, 5.41) is 13.9. The van der Waals surface area contributed by atoms with Gasteiger partial charge in [0.25, 0.3) is 5.91 Å². The molecule has 132 valence electrons. The van der Waals surface area contributed by atoms with Gasteiger partial charge in [-0.2, -0.15) is 5.26 Å². The average Bonchev–Trinajstić information content (AvgIpc) is 3.38. The van der Waals surface area contributed by atoms with Crippen molar-refractivity contribution >= 4 is 34.4 Å². The molecule has 0 bridgehead atoms. The highest BCUT2D eigenvalue weighted by Gasteiger charge is 2.32. The molecular formula is C18H15N3O4S. The Morgan fingerprint density at radius 3 is 2.81 bits per heavy atom. The summed E-state index contributed by atoms with van der Waals surface area (Å²) in [5.74, 6) is -0.186. The number of anilines is 1. The normalized spacial score (nSPS) is 13.6. The first-order valence-corrected chi connectivity index (χ1v) is 8.71. The highest BCUT2D eigenvalue weighted by Crippen LogP contribution is 2.34. The van der Waals surface area contributed by atoms with Crippen LogP contribution in [0.4, 0.5) is 5.13 Å². The van der Waals surface area contributed by atoms with E-state index in [1.54, 1.807) is 29.8 Å². The van der Waals surface area contributed by atoms with Crippen LogP contribution in [-0.2, 0) is 9.59 Å². The van der Waals surface area contributed by atoms with Crippen LogP contribution in [0.15, 0.2) is 35.3 Å². The van der Waals surface area contributed by atoms with Crippen molar-refractivity contribution in [3.8, 4) is 17.6 Å². The van der Waals surface area contributed by atoms with Crippen LogP contribution in [0.1, 0.15) is 18.4 Å². The number of methoxy groups -OCH3 is 1. The minimum Gasteiger partial charge on any atom is -0.493 e. The van der Waals surface area contributed by atoms with Crippen molar-refractivity contribution < 1.29 is 19.1 Å². The van der Waals surface area contributed by atoms with E-state index < -0.39 is 5.91 Å². The first-order chi connectivity index (χ1) is 12.6. The van der Waals surface area contributed by atoms with Crippen molar-refractivity contribution in [2.75, 3.05) is 12.4 Å². The number of hydrogen-bond acceptors (Lipinski definition) is 7. The first-order valence-electron chi connectivity index (χ1n) is 7.83. The van der Waals surface area contributed by atoms with Crippen LogP contribution in [0.5, 0.6) is 11.5 Å². The van der Waals surface area contributed by atoms with Crippen LogP contribution in [0, 0.1) is 17.2 Å². The molecule has 3 rings (SSSR count). The maximum Gasteiger partial charge on any atom is 0.314 e. The van der Waals surface area contributed by atoms with Gasteiger partial charge in [0.2, 0.25) is 0 Å². The Morgan fingerprint density at radius 1 is 1.38 bits per heavy atom. The van der Waals surface area contributed by atoms with Gasteiger partial charge in [-0.3, -0.25) is 14.9 Å². The number of benzene rings is 1. The van der Waals surface area contributed by atoms with Gasteiger partial charge in [0, 0.05) is 11.6 Å². The lowest BCUT2D eigenvalue weighted by Crippen LogP contribution is -2.13. The number of thiazole rings is 1. The summed E-state index contributed by atoms with van der Waals surface area (Å²) >= 11 is 1.26. The number of amides is 1. The van der Waals surface area contributed by atoms with Gasteiger partial charge in [-0.05, 0) is 36.6 Å². The van der Waals surface area contributed by atoms with Gasteiger partial charge in [0.15, 0.2) is 16.6 Å². The molecule has 1 aromatic heterocycles. The number of hydrogen-bond donors (Lipinski definition) is 1. The molecule has 1 fully saturated rings. The van der Waals surface area contributed by atoms with Crippen LogP contribution in [-0.4, -0.2) is 24.0 Å². The molecule has 1 saturated carbocycles. The van der Waals surface area contributed by atoms with Crippen molar-refractivity contribution in [3.05, 3.63) is 40.9 Å². The van der Waals surface area contributed by atoms with E-state index in [4.69, 9.17) is 9.47 Å². The predicted molar refractivity (Wildman–Crippen MR) is 95.7 cm³/mol. The second-order valence-electron chi connectivity index (χ2n) is 5.57. The van der Waals surface area contributed by atoms with Crippen LogP contribution < -0.4 is 14.8 Å². The topological polar surface area (TPSA) is 101 Å². The Balaban J connectivity index is 1.78. The molecule has 1 heterocycles. The van der Waals surface area contributed by atoms with E-state index in [0.717, 1.165) is 12.8 Å². The van der Waals surface area contributed by atoms with Gasteiger partial charge in [0.05, 0.1) is 13.0 Å². The van der Waals surface area contributed by atoms with Gasteiger partial charge in [-0.1, -0.05) is 6.07 Å². The molecule has 0 saturated heterocycles. The van der Waals surface area contributed by atoms with E-state index >= 15 is 0 Å². The fourth-order valence-electron chi connectivity index (χ4n) is 2.13. The second-order valence-corrected chi connectivity index (χ2v) is 6.46. The van der Waals surface area contributed by atoms with Crippen molar-refractivity contribution in [1.82, 2.24) is 4.98 Å². The molecule has 0 aliphatic heterocycles. The zero-order valence-electron chi connectivity index (χ0n) is 13.9. The number of rotatable bonds is 6. The molecule has 8 heteroatoms. The molecule has 2 aromatic rings. The Labute approximate surface area is 153 Å². The zero-order chi connectivity index (χ0) is 18.5. The van der Waals surface area contributed by atoms with E-state index in [1.165, 1.54) is 24.5 Å². The summed E-state index contributed by atoms with van der Waals surface area (Å²) in [4.78, 5) is 27.9. The van der Waals surface area contributed by atoms with Crippen molar-refractivity contribution in [2.45, 2.75) is 12.8 Å². The summed E-state index contributed by atoms with van der Waals surface area (Å²) in [6.07, 6.45) is 4.68. The summed E-state index contributed by atoms with van der Waals surface area (Å²) in [6.45, 7) is 0. The van der Waals surface area contributed by atoms with E-state index in [9.17, 15) is 14.9 Å². The van der Waals surface area contributed by atoms with Gasteiger partial charge < -0.3 is 9.47 Å². The Morgan fingerprint density at radius 2 is 2.19 bits per heavy atom. The molecular weight excluding hydrogens is 354 g/mol. The molecule has 0 radical (unpaired) electrons. The lowest BCUT2D eigenvalue weighted by Gasteiger charge is -2.10. The monoisotopic (exact) mass is 369 g/mol. The maximum absolute atomic E-state index is 12.2.